The number of nitrogens with zero attached hydrogens (tertiary/aromatic N) is 1. The van der Waals surface area contributed by atoms with Gasteiger partial charge in [0.25, 0.3) is 0 Å². The molecule has 1 N–H and O–H groups in total. The summed E-state index contributed by atoms with van der Waals surface area (Å²) < 4.78 is 10.9. The standard InChI is InChI=1S/C26H34N2O4S/c1-3-31-20-9-7-8-18(16-20)17-28-14-12-19(13-15-28)24(29)27-25-23(26(30)32-4-2)21-10-5-6-11-22(21)33-25/h7-9,16,19H,3-6,10-15,17H2,1-2H3,(H,27,29). The fraction of sp³-hybridized carbons (Fsp3) is 0.538. The maximum absolute atomic E-state index is 13.1. The van der Waals surface area contributed by atoms with Crippen LogP contribution in [0.1, 0.15) is 65.9 Å². The lowest BCUT2D eigenvalue weighted by molar-refractivity contribution is -0.121. The van der Waals surface area contributed by atoms with E-state index in [1.54, 1.807) is 11.3 Å². The fourth-order valence-corrected chi connectivity index (χ4v) is 6.08. The van der Waals surface area contributed by atoms with Gasteiger partial charge in [-0.3, -0.25) is 9.69 Å². The quantitative estimate of drug-likeness (QED) is 0.547. The molecule has 0 radical (unpaired) electrons. The first-order valence-corrected chi connectivity index (χ1v) is 13.0. The Morgan fingerprint density at radius 1 is 1.12 bits per heavy atom. The molecule has 1 aromatic heterocycles. The number of anilines is 1. The smallest absolute Gasteiger partial charge is 0.341 e. The topological polar surface area (TPSA) is 67.9 Å². The third-order valence-electron chi connectivity index (χ3n) is 6.46. The van der Waals surface area contributed by atoms with Gasteiger partial charge in [-0.1, -0.05) is 12.1 Å². The average molecular weight is 471 g/mol. The second-order valence-corrected chi connectivity index (χ2v) is 9.86. The van der Waals surface area contributed by atoms with Crippen molar-refractivity contribution in [2.24, 2.45) is 5.92 Å². The Morgan fingerprint density at radius 3 is 2.67 bits per heavy atom. The molecular formula is C26H34N2O4S. The Bertz CT molecular complexity index is 979. The highest BCUT2D eigenvalue weighted by Crippen LogP contribution is 2.39. The highest BCUT2D eigenvalue weighted by atomic mass is 32.1. The van der Waals surface area contributed by atoms with Crippen molar-refractivity contribution in [2.75, 3.05) is 31.6 Å². The number of amides is 1. The molecule has 4 rings (SSSR count). The number of benzene rings is 1. The van der Waals surface area contributed by atoms with Gasteiger partial charge in [0.1, 0.15) is 10.8 Å². The van der Waals surface area contributed by atoms with Gasteiger partial charge in [-0.25, -0.2) is 4.79 Å². The number of likely N-dealkylation sites (tertiary alicyclic amines) is 1. The lowest BCUT2D eigenvalue weighted by atomic mass is 9.94. The number of fused-ring (bicyclic) bond motifs is 1. The lowest BCUT2D eigenvalue weighted by Gasteiger charge is -2.31. The minimum atomic E-state index is -0.309. The van der Waals surface area contributed by atoms with E-state index in [1.165, 1.54) is 10.4 Å². The molecule has 7 heteroatoms. The minimum Gasteiger partial charge on any atom is -0.494 e. The number of piperidine rings is 1. The first-order chi connectivity index (χ1) is 16.1. The van der Waals surface area contributed by atoms with Crippen LogP contribution in [0.5, 0.6) is 5.75 Å². The van der Waals surface area contributed by atoms with E-state index in [1.807, 2.05) is 26.0 Å². The number of hydrogen-bond acceptors (Lipinski definition) is 6. The first-order valence-electron chi connectivity index (χ1n) is 12.2. The SMILES string of the molecule is CCOC(=O)c1c(NC(=O)C2CCN(Cc3cccc(OCC)c3)CC2)sc2c1CCCC2. The van der Waals surface area contributed by atoms with Gasteiger partial charge in [0.05, 0.1) is 18.8 Å². The molecule has 178 valence electrons. The molecule has 0 unspecified atom stereocenters. The van der Waals surface area contributed by atoms with Crippen LogP contribution in [0.15, 0.2) is 24.3 Å². The first kappa shape index (κ1) is 23.8. The number of carbonyl (C=O) groups excluding carboxylic acids is 2. The van der Waals surface area contributed by atoms with Crippen LogP contribution < -0.4 is 10.1 Å². The van der Waals surface area contributed by atoms with Crippen LogP contribution in [0.25, 0.3) is 0 Å². The Labute approximate surface area is 200 Å². The number of thiophene rings is 1. The molecule has 1 aliphatic carbocycles. The van der Waals surface area contributed by atoms with E-state index in [0.29, 0.717) is 23.8 Å². The summed E-state index contributed by atoms with van der Waals surface area (Å²) in [6.07, 6.45) is 5.71. The number of rotatable bonds is 8. The van der Waals surface area contributed by atoms with Gasteiger partial charge in [-0.15, -0.1) is 11.3 Å². The number of nitrogens with one attached hydrogen (secondary N) is 1. The van der Waals surface area contributed by atoms with Gasteiger partial charge in [0.2, 0.25) is 5.91 Å². The van der Waals surface area contributed by atoms with Crippen molar-refractivity contribution >= 4 is 28.2 Å². The van der Waals surface area contributed by atoms with Crippen LogP contribution in [0.2, 0.25) is 0 Å². The molecule has 1 aliphatic heterocycles. The van der Waals surface area contributed by atoms with Gasteiger partial charge in [0, 0.05) is 17.3 Å². The molecule has 33 heavy (non-hydrogen) atoms. The minimum absolute atomic E-state index is 0.0251. The van der Waals surface area contributed by atoms with Crippen molar-refractivity contribution in [3.63, 3.8) is 0 Å². The van der Waals surface area contributed by atoms with Gasteiger partial charge in [-0.05, 0) is 88.7 Å². The van der Waals surface area contributed by atoms with E-state index in [0.717, 1.165) is 69.5 Å². The molecule has 1 amide bonds. The van der Waals surface area contributed by atoms with Crippen LogP contribution in [0.3, 0.4) is 0 Å². The normalized spacial score (nSPS) is 16.8. The zero-order chi connectivity index (χ0) is 23.2. The summed E-state index contributed by atoms with van der Waals surface area (Å²) in [6, 6.07) is 8.23. The molecule has 1 aromatic carbocycles. The number of carbonyl (C=O) groups is 2. The number of ether oxygens (including phenoxy) is 2. The highest BCUT2D eigenvalue weighted by Gasteiger charge is 2.30. The van der Waals surface area contributed by atoms with Crippen molar-refractivity contribution in [3.8, 4) is 5.75 Å². The van der Waals surface area contributed by atoms with Gasteiger partial charge >= 0.3 is 5.97 Å². The lowest BCUT2D eigenvalue weighted by Crippen LogP contribution is -2.37. The molecule has 0 spiro atoms. The van der Waals surface area contributed by atoms with E-state index in [-0.39, 0.29) is 17.8 Å². The summed E-state index contributed by atoms with van der Waals surface area (Å²) in [7, 11) is 0. The third-order valence-corrected chi connectivity index (χ3v) is 7.67. The van der Waals surface area contributed by atoms with Crippen molar-refractivity contribution < 1.29 is 19.1 Å². The number of esters is 1. The van der Waals surface area contributed by atoms with Crippen molar-refractivity contribution in [2.45, 2.75) is 58.9 Å². The Hall–Kier alpha value is -2.38. The second-order valence-electron chi connectivity index (χ2n) is 8.76. The monoisotopic (exact) mass is 470 g/mol. The Morgan fingerprint density at radius 2 is 1.91 bits per heavy atom. The number of hydrogen-bond donors (Lipinski definition) is 1. The van der Waals surface area contributed by atoms with Crippen LogP contribution in [0, 0.1) is 5.92 Å². The van der Waals surface area contributed by atoms with Crippen molar-refractivity contribution in [1.29, 1.82) is 0 Å². The molecule has 2 aliphatic rings. The maximum atomic E-state index is 13.1. The summed E-state index contributed by atoms with van der Waals surface area (Å²) >= 11 is 1.56. The Kier molecular flexibility index (Phi) is 8.04. The molecule has 2 aromatic rings. The maximum Gasteiger partial charge on any atom is 0.341 e. The van der Waals surface area contributed by atoms with E-state index in [4.69, 9.17) is 9.47 Å². The molecule has 1 fully saturated rings. The molecule has 6 nitrogen and oxygen atoms in total. The zero-order valence-corrected chi connectivity index (χ0v) is 20.5. The second kappa shape index (κ2) is 11.2. The van der Waals surface area contributed by atoms with Crippen LogP contribution in [0.4, 0.5) is 5.00 Å². The highest BCUT2D eigenvalue weighted by molar-refractivity contribution is 7.17. The van der Waals surface area contributed by atoms with E-state index in [2.05, 4.69) is 22.3 Å². The summed E-state index contributed by atoms with van der Waals surface area (Å²) in [5.41, 5.74) is 2.91. The predicted molar refractivity (Wildman–Crippen MR) is 131 cm³/mol. The van der Waals surface area contributed by atoms with E-state index in [9.17, 15) is 9.59 Å². The average Bonchev–Trinajstić information content (AvgIpc) is 3.18. The summed E-state index contributed by atoms with van der Waals surface area (Å²) in [5.74, 6) is 0.582. The third kappa shape index (κ3) is 5.76. The largest absolute Gasteiger partial charge is 0.494 e. The summed E-state index contributed by atoms with van der Waals surface area (Å²) in [4.78, 5) is 29.4. The molecule has 0 saturated carbocycles. The van der Waals surface area contributed by atoms with Crippen molar-refractivity contribution in [1.82, 2.24) is 4.90 Å². The summed E-state index contributed by atoms with van der Waals surface area (Å²) in [6.45, 7) is 7.42. The molecule has 1 saturated heterocycles. The van der Waals surface area contributed by atoms with Gasteiger partial charge in [-0.2, -0.15) is 0 Å². The predicted octanol–water partition coefficient (Wildman–Crippen LogP) is 5.05. The van der Waals surface area contributed by atoms with Gasteiger partial charge in [0.15, 0.2) is 0 Å². The zero-order valence-electron chi connectivity index (χ0n) is 19.7. The van der Waals surface area contributed by atoms with Crippen LogP contribution in [-0.4, -0.2) is 43.1 Å². The van der Waals surface area contributed by atoms with Crippen molar-refractivity contribution in [3.05, 3.63) is 45.8 Å². The molecule has 2 heterocycles. The number of aryl methyl sites for hydroxylation is 1. The van der Waals surface area contributed by atoms with Crippen LogP contribution >= 0.6 is 11.3 Å². The molecule has 0 bridgehead atoms. The van der Waals surface area contributed by atoms with E-state index < -0.39 is 0 Å². The molecular weight excluding hydrogens is 436 g/mol. The fourth-order valence-electron chi connectivity index (χ4n) is 4.80. The van der Waals surface area contributed by atoms with Gasteiger partial charge < -0.3 is 14.8 Å². The van der Waals surface area contributed by atoms with Crippen LogP contribution in [-0.2, 0) is 28.9 Å². The van der Waals surface area contributed by atoms with E-state index >= 15 is 0 Å². The Balaban J connectivity index is 1.36. The summed E-state index contributed by atoms with van der Waals surface area (Å²) in [5, 5.41) is 3.79. The molecule has 0 atom stereocenters.